The zero-order valence-corrected chi connectivity index (χ0v) is 18.8. The van der Waals surface area contributed by atoms with Gasteiger partial charge < -0.3 is 15.0 Å². The van der Waals surface area contributed by atoms with Gasteiger partial charge in [-0.15, -0.1) is 0 Å². The lowest BCUT2D eigenvalue weighted by atomic mass is 10.1. The molecule has 0 fully saturated rings. The second-order valence-electron chi connectivity index (χ2n) is 7.85. The number of ether oxygens (including phenoxy) is 1. The predicted octanol–water partition coefficient (Wildman–Crippen LogP) is 5.71. The summed E-state index contributed by atoms with van der Waals surface area (Å²) in [7, 11) is 0. The first-order chi connectivity index (χ1) is 16.2. The Labute approximate surface area is 199 Å². The van der Waals surface area contributed by atoms with Crippen LogP contribution in [-0.2, 0) is 17.9 Å². The molecule has 2 amide bonds. The lowest BCUT2D eigenvalue weighted by Crippen LogP contribution is -2.38. The number of benzene rings is 3. The van der Waals surface area contributed by atoms with Gasteiger partial charge in [0.05, 0.1) is 5.56 Å². The molecule has 9 heteroatoms. The molecule has 1 heterocycles. The van der Waals surface area contributed by atoms with Crippen molar-refractivity contribution in [2.75, 3.05) is 5.32 Å². The summed E-state index contributed by atoms with van der Waals surface area (Å²) < 4.78 is 46.5. The first-order valence-corrected chi connectivity index (χ1v) is 10.9. The van der Waals surface area contributed by atoms with Gasteiger partial charge in [0.1, 0.15) is 23.2 Å². The molecule has 0 radical (unpaired) electrons. The molecule has 0 bridgehead atoms. The standard InChI is InChI=1S/C25H20ClF3N2O3/c1-2-22-25(33)31(12-14-3-4-16(27)10-20(14)26)13-15-9-18(6-8-23(15)34-22)30-24(32)19-7-5-17(28)11-21(19)29/h3-11,22H,2,12-13H2,1H3,(H,30,32)/t22-/m1/s1. The zero-order valence-electron chi connectivity index (χ0n) is 18.1. The van der Waals surface area contributed by atoms with Crippen molar-refractivity contribution in [1.82, 2.24) is 4.90 Å². The minimum atomic E-state index is -0.977. The number of hydrogen-bond donors (Lipinski definition) is 1. The number of nitrogens with zero attached hydrogens (tertiary/aromatic N) is 1. The molecule has 1 aliphatic heterocycles. The maximum atomic E-state index is 14.0. The molecule has 0 saturated carbocycles. The molecule has 0 spiro atoms. The van der Waals surface area contributed by atoms with Gasteiger partial charge in [-0.2, -0.15) is 0 Å². The van der Waals surface area contributed by atoms with Gasteiger partial charge in [-0.1, -0.05) is 24.6 Å². The van der Waals surface area contributed by atoms with Crippen molar-refractivity contribution < 1.29 is 27.5 Å². The number of fused-ring (bicyclic) bond motifs is 1. The van der Waals surface area contributed by atoms with E-state index in [1.54, 1.807) is 23.1 Å². The number of amides is 2. The Kier molecular flexibility index (Phi) is 6.79. The van der Waals surface area contributed by atoms with E-state index in [2.05, 4.69) is 5.32 Å². The van der Waals surface area contributed by atoms with Gasteiger partial charge in [0.15, 0.2) is 6.10 Å². The van der Waals surface area contributed by atoms with E-state index in [9.17, 15) is 22.8 Å². The van der Waals surface area contributed by atoms with Gasteiger partial charge in [-0.3, -0.25) is 9.59 Å². The first-order valence-electron chi connectivity index (χ1n) is 10.5. The van der Waals surface area contributed by atoms with Crippen LogP contribution in [0.4, 0.5) is 18.9 Å². The zero-order chi connectivity index (χ0) is 24.4. The molecule has 3 aromatic carbocycles. The molecular formula is C25H20ClF3N2O3. The topological polar surface area (TPSA) is 58.6 Å². The molecule has 0 aliphatic carbocycles. The van der Waals surface area contributed by atoms with Crippen LogP contribution < -0.4 is 10.1 Å². The monoisotopic (exact) mass is 488 g/mol. The van der Waals surface area contributed by atoms with Crippen LogP contribution in [0, 0.1) is 17.5 Å². The van der Waals surface area contributed by atoms with Crippen LogP contribution in [0.25, 0.3) is 0 Å². The summed E-state index contributed by atoms with van der Waals surface area (Å²) in [6.07, 6.45) is -0.303. The van der Waals surface area contributed by atoms with Crippen molar-refractivity contribution in [3.8, 4) is 5.75 Å². The molecule has 5 nitrogen and oxygen atoms in total. The van der Waals surface area contributed by atoms with E-state index in [4.69, 9.17) is 16.3 Å². The molecule has 0 aromatic heterocycles. The number of nitrogens with one attached hydrogen (secondary N) is 1. The summed E-state index contributed by atoms with van der Waals surface area (Å²) in [5.74, 6) is -2.77. The molecule has 1 N–H and O–H groups in total. The summed E-state index contributed by atoms with van der Waals surface area (Å²) in [5, 5.41) is 2.78. The van der Waals surface area contributed by atoms with E-state index in [1.807, 2.05) is 6.92 Å². The fourth-order valence-electron chi connectivity index (χ4n) is 3.71. The van der Waals surface area contributed by atoms with Gasteiger partial charge in [0, 0.05) is 35.4 Å². The van der Waals surface area contributed by atoms with Crippen molar-refractivity contribution in [3.63, 3.8) is 0 Å². The highest BCUT2D eigenvalue weighted by Gasteiger charge is 2.30. The van der Waals surface area contributed by atoms with E-state index in [-0.39, 0.29) is 29.6 Å². The van der Waals surface area contributed by atoms with Crippen LogP contribution >= 0.6 is 11.6 Å². The Balaban J connectivity index is 1.61. The lowest BCUT2D eigenvalue weighted by Gasteiger charge is -2.23. The molecule has 0 saturated heterocycles. The van der Waals surface area contributed by atoms with E-state index >= 15 is 0 Å². The third kappa shape index (κ3) is 5.02. The normalized spacial score (nSPS) is 15.4. The Bertz CT molecular complexity index is 1270. The van der Waals surface area contributed by atoms with Crippen molar-refractivity contribution in [2.24, 2.45) is 0 Å². The summed E-state index contributed by atoms with van der Waals surface area (Å²) in [6.45, 7) is 2.10. The number of rotatable bonds is 5. The molecule has 1 aliphatic rings. The van der Waals surface area contributed by atoms with Crippen LogP contribution in [0.1, 0.15) is 34.8 Å². The van der Waals surface area contributed by atoms with Crippen molar-refractivity contribution in [1.29, 1.82) is 0 Å². The Morgan fingerprint density at radius 1 is 1.09 bits per heavy atom. The highest BCUT2D eigenvalue weighted by Crippen LogP contribution is 2.31. The largest absolute Gasteiger partial charge is 0.480 e. The van der Waals surface area contributed by atoms with Crippen LogP contribution in [-0.4, -0.2) is 22.8 Å². The van der Waals surface area contributed by atoms with E-state index in [0.29, 0.717) is 35.1 Å². The number of anilines is 1. The number of hydrogen-bond acceptors (Lipinski definition) is 3. The molecule has 34 heavy (non-hydrogen) atoms. The quantitative estimate of drug-likeness (QED) is 0.500. The smallest absolute Gasteiger partial charge is 0.264 e. The van der Waals surface area contributed by atoms with E-state index in [1.165, 1.54) is 18.2 Å². The van der Waals surface area contributed by atoms with Gasteiger partial charge in [0.2, 0.25) is 0 Å². The van der Waals surface area contributed by atoms with Gasteiger partial charge in [-0.25, -0.2) is 13.2 Å². The first kappa shape index (κ1) is 23.6. The third-order valence-electron chi connectivity index (χ3n) is 5.46. The molecule has 1 atom stereocenters. The van der Waals surface area contributed by atoms with Crippen molar-refractivity contribution in [2.45, 2.75) is 32.5 Å². The second-order valence-corrected chi connectivity index (χ2v) is 8.25. The maximum absolute atomic E-state index is 14.0. The Morgan fingerprint density at radius 3 is 2.53 bits per heavy atom. The van der Waals surface area contributed by atoms with Crippen LogP contribution in [0.5, 0.6) is 5.75 Å². The summed E-state index contributed by atoms with van der Waals surface area (Å²) in [5.41, 5.74) is 1.23. The van der Waals surface area contributed by atoms with Crippen LogP contribution in [0.3, 0.4) is 0 Å². The summed E-state index contributed by atoms with van der Waals surface area (Å²) in [4.78, 5) is 27.1. The molecule has 176 valence electrons. The Morgan fingerprint density at radius 2 is 1.82 bits per heavy atom. The molecule has 3 aromatic rings. The van der Waals surface area contributed by atoms with Gasteiger partial charge in [-0.05, 0) is 54.4 Å². The van der Waals surface area contributed by atoms with Crippen LogP contribution in [0.2, 0.25) is 5.02 Å². The highest BCUT2D eigenvalue weighted by molar-refractivity contribution is 6.31. The minimum absolute atomic E-state index is 0.134. The molecule has 4 rings (SSSR count). The number of carbonyl (C=O) groups excluding carboxylic acids is 2. The maximum Gasteiger partial charge on any atom is 0.264 e. The van der Waals surface area contributed by atoms with Crippen LogP contribution in [0.15, 0.2) is 54.6 Å². The average molecular weight is 489 g/mol. The molecule has 0 unspecified atom stereocenters. The third-order valence-corrected chi connectivity index (χ3v) is 5.81. The van der Waals surface area contributed by atoms with Gasteiger partial charge >= 0.3 is 0 Å². The summed E-state index contributed by atoms with van der Waals surface area (Å²) in [6, 6.07) is 11.5. The second kappa shape index (κ2) is 9.77. The highest BCUT2D eigenvalue weighted by atomic mass is 35.5. The summed E-state index contributed by atoms with van der Waals surface area (Å²) >= 11 is 6.16. The fourth-order valence-corrected chi connectivity index (χ4v) is 3.93. The predicted molar refractivity (Wildman–Crippen MR) is 121 cm³/mol. The number of carbonyl (C=O) groups is 2. The lowest BCUT2D eigenvalue weighted by molar-refractivity contribution is -0.139. The fraction of sp³-hybridized carbons (Fsp3) is 0.200. The van der Waals surface area contributed by atoms with Crippen molar-refractivity contribution >= 4 is 29.1 Å². The minimum Gasteiger partial charge on any atom is -0.480 e. The average Bonchev–Trinajstić information content (AvgIpc) is 2.91. The number of halogens is 4. The van der Waals surface area contributed by atoms with Gasteiger partial charge in [0.25, 0.3) is 11.8 Å². The van der Waals surface area contributed by atoms with E-state index in [0.717, 1.165) is 12.1 Å². The SMILES string of the molecule is CC[C@H]1Oc2ccc(NC(=O)c3ccc(F)cc3F)cc2CN(Cc2ccc(F)cc2Cl)C1=O. The molecular weight excluding hydrogens is 469 g/mol. The Hall–Kier alpha value is -3.52. The van der Waals surface area contributed by atoms with Crippen molar-refractivity contribution in [3.05, 3.63) is 93.8 Å². The van der Waals surface area contributed by atoms with E-state index < -0.39 is 29.5 Å².